The smallest absolute Gasteiger partial charge is 0.222 e. The molecule has 4 nitrogen and oxygen atoms in total. The number of ether oxygens (including phenoxy) is 1. The number of amides is 1. The fourth-order valence-corrected chi connectivity index (χ4v) is 2.11. The molecular weight excluding hydrogens is 216 g/mol. The standard InChI is InChI=1S/C13H18N2O2/c1-17-11-5-2-4-10(8-11)12(14)9-15-7-3-6-13(15)16/h2,4-5,8,12H,3,6-7,9,14H2,1H3. The number of carbonyl (C=O) groups excluding carboxylic acids is 1. The van der Waals surface area contributed by atoms with E-state index in [1.807, 2.05) is 29.2 Å². The lowest BCUT2D eigenvalue weighted by Gasteiger charge is -2.21. The first-order valence-electron chi connectivity index (χ1n) is 5.88. The van der Waals surface area contributed by atoms with Crippen molar-refractivity contribution in [3.05, 3.63) is 29.8 Å². The van der Waals surface area contributed by atoms with Crippen LogP contribution in [0.4, 0.5) is 0 Å². The molecule has 1 amide bonds. The predicted molar refractivity (Wildman–Crippen MR) is 65.7 cm³/mol. The van der Waals surface area contributed by atoms with Crippen LogP contribution in [0.15, 0.2) is 24.3 Å². The van der Waals surface area contributed by atoms with Crippen molar-refractivity contribution in [1.29, 1.82) is 0 Å². The monoisotopic (exact) mass is 234 g/mol. The molecule has 0 spiro atoms. The molecule has 0 saturated carbocycles. The van der Waals surface area contributed by atoms with Crippen LogP contribution in [0.25, 0.3) is 0 Å². The Morgan fingerprint density at radius 3 is 3.00 bits per heavy atom. The molecule has 1 unspecified atom stereocenters. The number of rotatable bonds is 4. The summed E-state index contributed by atoms with van der Waals surface area (Å²) in [5.74, 6) is 1.01. The summed E-state index contributed by atoms with van der Waals surface area (Å²) in [6, 6.07) is 7.54. The second kappa shape index (κ2) is 5.19. The molecule has 2 N–H and O–H groups in total. The maximum Gasteiger partial charge on any atom is 0.222 e. The summed E-state index contributed by atoms with van der Waals surface area (Å²) in [6.45, 7) is 1.42. The van der Waals surface area contributed by atoms with Crippen LogP contribution < -0.4 is 10.5 Å². The molecular formula is C13H18N2O2. The first-order valence-corrected chi connectivity index (χ1v) is 5.88. The molecule has 0 aromatic heterocycles. The Morgan fingerprint density at radius 2 is 2.35 bits per heavy atom. The average molecular weight is 234 g/mol. The van der Waals surface area contributed by atoms with Crippen LogP contribution in [0.1, 0.15) is 24.4 Å². The SMILES string of the molecule is COc1cccc(C(N)CN2CCCC2=O)c1. The van der Waals surface area contributed by atoms with Crippen molar-refractivity contribution in [2.24, 2.45) is 5.73 Å². The van der Waals surface area contributed by atoms with Gasteiger partial charge in [-0.15, -0.1) is 0 Å². The van der Waals surface area contributed by atoms with Crippen LogP contribution >= 0.6 is 0 Å². The van der Waals surface area contributed by atoms with Crippen LogP contribution in [0, 0.1) is 0 Å². The number of nitrogens with zero attached hydrogens (tertiary/aromatic N) is 1. The lowest BCUT2D eigenvalue weighted by Crippen LogP contribution is -2.33. The number of hydrogen-bond donors (Lipinski definition) is 1. The van der Waals surface area contributed by atoms with Gasteiger partial charge in [-0.1, -0.05) is 12.1 Å². The van der Waals surface area contributed by atoms with E-state index >= 15 is 0 Å². The Hall–Kier alpha value is -1.55. The van der Waals surface area contributed by atoms with Crippen molar-refractivity contribution in [3.8, 4) is 5.75 Å². The lowest BCUT2D eigenvalue weighted by atomic mass is 10.1. The summed E-state index contributed by atoms with van der Waals surface area (Å²) in [5, 5.41) is 0. The highest BCUT2D eigenvalue weighted by atomic mass is 16.5. The molecule has 1 heterocycles. The predicted octanol–water partition coefficient (Wildman–Crippen LogP) is 1.32. The van der Waals surface area contributed by atoms with Gasteiger partial charge in [-0.25, -0.2) is 0 Å². The number of hydrogen-bond acceptors (Lipinski definition) is 3. The van der Waals surface area contributed by atoms with E-state index in [1.54, 1.807) is 7.11 Å². The average Bonchev–Trinajstić information content (AvgIpc) is 2.75. The zero-order valence-electron chi connectivity index (χ0n) is 10.1. The Bertz CT molecular complexity index is 406. The quantitative estimate of drug-likeness (QED) is 0.854. The summed E-state index contributed by atoms with van der Waals surface area (Å²) in [7, 11) is 1.63. The Labute approximate surface area is 101 Å². The van der Waals surface area contributed by atoms with Crippen LogP contribution in [0.3, 0.4) is 0 Å². The van der Waals surface area contributed by atoms with Crippen LogP contribution in [-0.4, -0.2) is 31.0 Å². The number of likely N-dealkylation sites (tertiary alicyclic amines) is 1. The zero-order chi connectivity index (χ0) is 12.3. The third-order valence-electron chi connectivity index (χ3n) is 3.11. The summed E-state index contributed by atoms with van der Waals surface area (Å²) in [5.41, 5.74) is 7.11. The summed E-state index contributed by atoms with van der Waals surface area (Å²) >= 11 is 0. The Balaban J connectivity index is 2.03. The Morgan fingerprint density at radius 1 is 1.53 bits per heavy atom. The molecule has 1 atom stereocenters. The molecule has 1 aromatic carbocycles. The first kappa shape index (κ1) is 11.9. The maximum atomic E-state index is 11.5. The molecule has 0 aliphatic carbocycles. The molecule has 17 heavy (non-hydrogen) atoms. The zero-order valence-corrected chi connectivity index (χ0v) is 10.1. The van der Waals surface area contributed by atoms with E-state index in [1.165, 1.54) is 0 Å². The number of benzene rings is 1. The maximum absolute atomic E-state index is 11.5. The molecule has 1 aromatic rings. The molecule has 1 saturated heterocycles. The van der Waals surface area contributed by atoms with Crippen molar-refractivity contribution in [2.45, 2.75) is 18.9 Å². The van der Waals surface area contributed by atoms with Crippen molar-refractivity contribution >= 4 is 5.91 Å². The number of carbonyl (C=O) groups is 1. The van der Waals surface area contributed by atoms with Gasteiger partial charge in [-0.3, -0.25) is 4.79 Å². The van der Waals surface area contributed by atoms with Crippen molar-refractivity contribution < 1.29 is 9.53 Å². The van der Waals surface area contributed by atoms with E-state index in [-0.39, 0.29) is 11.9 Å². The van der Waals surface area contributed by atoms with Crippen LogP contribution in [0.5, 0.6) is 5.75 Å². The first-order chi connectivity index (χ1) is 8.20. The van der Waals surface area contributed by atoms with E-state index in [2.05, 4.69) is 0 Å². The molecule has 92 valence electrons. The third kappa shape index (κ3) is 2.77. The minimum Gasteiger partial charge on any atom is -0.497 e. The van der Waals surface area contributed by atoms with E-state index < -0.39 is 0 Å². The van der Waals surface area contributed by atoms with Gasteiger partial charge in [0.15, 0.2) is 0 Å². The number of nitrogens with two attached hydrogens (primary N) is 1. The third-order valence-corrected chi connectivity index (χ3v) is 3.11. The van der Waals surface area contributed by atoms with Gasteiger partial charge in [0.2, 0.25) is 5.91 Å². The van der Waals surface area contributed by atoms with Gasteiger partial charge in [-0.2, -0.15) is 0 Å². The number of methoxy groups -OCH3 is 1. The fourth-order valence-electron chi connectivity index (χ4n) is 2.11. The largest absolute Gasteiger partial charge is 0.497 e. The summed E-state index contributed by atoms with van der Waals surface area (Å²) in [4.78, 5) is 13.3. The second-order valence-electron chi connectivity index (χ2n) is 4.33. The van der Waals surface area contributed by atoms with Crippen molar-refractivity contribution in [3.63, 3.8) is 0 Å². The minimum absolute atomic E-state index is 0.146. The highest BCUT2D eigenvalue weighted by Gasteiger charge is 2.22. The van der Waals surface area contributed by atoms with E-state index in [0.717, 1.165) is 24.3 Å². The molecule has 2 rings (SSSR count). The molecule has 1 fully saturated rings. The molecule has 0 bridgehead atoms. The van der Waals surface area contributed by atoms with Crippen LogP contribution in [-0.2, 0) is 4.79 Å². The molecule has 1 aliphatic heterocycles. The van der Waals surface area contributed by atoms with E-state index in [9.17, 15) is 4.79 Å². The molecule has 1 aliphatic rings. The van der Waals surface area contributed by atoms with Crippen LogP contribution in [0.2, 0.25) is 0 Å². The van der Waals surface area contributed by atoms with Gasteiger partial charge in [0.05, 0.1) is 7.11 Å². The minimum atomic E-state index is -0.146. The van der Waals surface area contributed by atoms with Gasteiger partial charge < -0.3 is 15.4 Å². The normalized spacial score (nSPS) is 17.3. The van der Waals surface area contributed by atoms with E-state index in [4.69, 9.17) is 10.5 Å². The van der Waals surface area contributed by atoms with Gasteiger partial charge in [0.1, 0.15) is 5.75 Å². The van der Waals surface area contributed by atoms with E-state index in [0.29, 0.717) is 13.0 Å². The topological polar surface area (TPSA) is 55.6 Å². The highest BCUT2D eigenvalue weighted by Crippen LogP contribution is 2.20. The molecule has 4 heteroatoms. The highest BCUT2D eigenvalue weighted by molar-refractivity contribution is 5.78. The fraction of sp³-hybridized carbons (Fsp3) is 0.462. The molecule has 0 radical (unpaired) electrons. The van der Waals surface area contributed by atoms with Crippen molar-refractivity contribution in [1.82, 2.24) is 4.90 Å². The summed E-state index contributed by atoms with van der Waals surface area (Å²) < 4.78 is 5.16. The second-order valence-corrected chi connectivity index (χ2v) is 4.33. The van der Waals surface area contributed by atoms with Gasteiger partial charge in [-0.05, 0) is 24.1 Å². The van der Waals surface area contributed by atoms with Crippen molar-refractivity contribution in [2.75, 3.05) is 20.2 Å². The summed E-state index contributed by atoms with van der Waals surface area (Å²) in [6.07, 6.45) is 1.61. The van der Waals surface area contributed by atoms with Gasteiger partial charge >= 0.3 is 0 Å². The lowest BCUT2D eigenvalue weighted by molar-refractivity contribution is -0.127. The van der Waals surface area contributed by atoms with Gasteiger partial charge in [0.25, 0.3) is 0 Å². The Kier molecular flexibility index (Phi) is 3.64. The van der Waals surface area contributed by atoms with Gasteiger partial charge in [0, 0.05) is 25.6 Å².